The monoisotopic (exact) mass is 303 g/mol. The molecule has 1 aromatic carbocycles. The maximum absolute atomic E-state index is 6.02. The molecule has 3 rings (SSSR count). The zero-order chi connectivity index (χ0) is 15.0. The van der Waals surface area contributed by atoms with Crippen LogP contribution in [0.15, 0.2) is 36.7 Å². The van der Waals surface area contributed by atoms with Gasteiger partial charge in [-0.1, -0.05) is 11.6 Å². The van der Waals surface area contributed by atoms with Crippen LogP contribution in [0, 0.1) is 0 Å². The average Bonchev–Trinajstić information content (AvgIpc) is 2.89. The number of benzene rings is 1. The van der Waals surface area contributed by atoms with Crippen LogP contribution in [0.1, 0.15) is 0 Å². The van der Waals surface area contributed by atoms with E-state index in [4.69, 9.17) is 26.8 Å². The number of anilines is 1. The molecule has 108 valence electrons. The minimum atomic E-state index is 0.493. The normalized spacial score (nSPS) is 10.8. The SMILES string of the molecule is COc1ccc(-c2cn3cc(N)c(Cl)cc3n2)cc1OC. The molecule has 0 fully saturated rings. The summed E-state index contributed by atoms with van der Waals surface area (Å²) in [5.41, 5.74) is 8.78. The second-order valence-electron chi connectivity index (χ2n) is 4.54. The first kappa shape index (κ1) is 13.6. The number of imidazole rings is 1. The largest absolute Gasteiger partial charge is 0.493 e. The average molecular weight is 304 g/mol. The van der Waals surface area contributed by atoms with Gasteiger partial charge in [-0.25, -0.2) is 4.98 Å². The number of methoxy groups -OCH3 is 2. The number of nitrogen functional groups attached to an aromatic ring is 1. The molecule has 0 saturated carbocycles. The Kier molecular flexibility index (Phi) is 3.35. The van der Waals surface area contributed by atoms with Crippen LogP contribution in [-0.4, -0.2) is 23.6 Å². The van der Waals surface area contributed by atoms with E-state index in [1.54, 1.807) is 26.5 Å². The molecule has 0 bridgehead atoms. The summed E-state index contributed by atoms with van der Waals surface area (Å²) in [6.07, 6.45) is 3.64. The molecule has 0 amide bonds. The summed E-state index contributed by atoms with van der Waals surface area (Å²) in [4.78, 5) is 4.54. The number of hydrogen-bond donors (Lipinski definition) is 1. The van der Waals surface area contributed by atoms with Crippen molar-refractivity contribution in [2.45, 2.75) is 0 Å². The molecular formula is C15H14ClN3O2. The van der Waals surface area contributed by atoms with E-state index in [1.807, 2.05) is 28.8 Å². The Morgan fingerprint density at radius 2 is 1.86 bits per heavy atom. The molecule has 3 aromatic rings. The molecule has 0 saturated heterocycles. The maximum Gasteiger partial charge on any atom is 0.161 e. The van der Waals surface area contributed by atoms with Crippen molar-refractivity contribution in [1.82, 2.24) is 9.38 Å². The van der Waals surface area contributed by atoms with Crippen molar-refractivity contribution in [2.24, 2.45) is 0 Å². The Bertz CT molecular complexity index is 775. The summed E-state index contributed by atoms with van der Waals surface area (Å²) >= 11 is 6.02. The summed E-state index contributed by atoms with van der Waals surface area (Å²) in [5.74, 6) is 1.34. The van der Waals surface area contributed by atoms with Crippen LogP contribution >= 0.6 is 11.6 Å². The van der Waals surface area contributed by atoms with Crippen molar-refractivity contribution in [1.29, 1.82) is 0 Å². The van der Waals surface area contributed by atoms with Crippen molar-refractivity contribution in [3.63, 3.8) is 0 Å². The third kappa shape index (κ3) is 2.36. The van der Waals surface area contributed by atoms with Crippen LogP contribution in [0.3, 0.4) is 0 Å². The van der Waals surface area contributed by atoms with E-state index in [-0.39, 0.29) is 0 Å². The Morgan fingerprint density at radius 1 is 1.10 bits per heavy atom. The molecule has 0 radical (unpaired) electrons. The molecule has 21 heavy (non-hydrogen) atoms. The lowest BCUT2D eigenvalue weighted by molar-refractivity contribution is 0.355. The number of pyridine rings is 1. The molecular weight excluding hydrogens is 290 g/mol. The van der Waals surface area contributed by atoms with Crippen LogP contribution in [0.2, 0.25) is 5.02 Å². The van der Waals surface area contributed by atoms with Crippen molar-refractivity contribution in [3.05, 3.63) is 41.7 Å². The third-order valence-electron chi connectivity index (χ3n) is 3.25. The molecule has 2 heterocycles. The smallest absolute Gasteiger partial charge is 0.161 e. The lowest BCUT2D eigenvalue weighted by Gasteiger charge is -2.08. The van der Waals surface area contributed by atoms with Gasteiger partial charge in [0.2, 0.25) is 0 Å². The fourth-order valence-electron chi connectivity index (χ4n) is 2.16. The highest BCUT2D eigenvalue weighted by Gasteiger charge is 2.10. The van der Waals surface area contributed by atoms with Gasteiger partial charge >= 0.3 is 0 Å². The number of nitrogens with zero attached hydrogens (tertiary/aromatic N) is 2. The van der Waals surface area contributed by atoms with Gasteiger partial charge in [-0.05, 0) is 18.2 Å². The van der Waals surface area contributed by atoms with Gasteiger partial charge in [0.25, 0.3) is 0 Å². The maximum atomic E-state index is 6.02. The van der Waals surface area contributed by atoms with Gasteiger partial charge in [-0.15, -0.1) is 0 Å². The summed E-state index contributed by atoms with van der Waals surface area (Å²) in [7, 11) is 3.21. The molecule has 0 atom stereocenters. The summed E-state index contributed by atoms with van der Waals surface area (Å²) in [6.45, 7) is 0. The van der Waals surface area contributed by atoms with Crippen molar-refractivity contribution < 1.29 is 9.47 Å². The number of ether oxygens (including phenoxy) is 2. The summed E-state index contributed by atoms with van der Waals surface area (Å²) in [6, 6.07) is 7.39. The van der Waals surface area contributed by atoms with E-state index in [0.29, 0.717) is 22.2 Å². The highest BCUT2D eigenvalue weighted by molar-refractivity contribution is 6.33. The van der Waals surface area contributed by atoms with E-state index < -0.39 is 0 Å². The molecule has 5 nitrogen and oxygen atoms in total. The van der Waals surface area contributed by atoms with Gasteiger partial charge in [0.05, 0.1) is 30.6 Å². The highest BCUT2D eigenvalue weighted by atomic mass is 35.5. The molecule has 6 heteroatoms. The molecule has 2 N–H and O–H groups in total. The molecule has 0 aliphatic heterocycles. The van der Waals surface area contributed by atoms with E-state index >= 15 is 0 Å². The van der Waals surface area contributed by atoms with Gasteiger partial charge in [0, 0.05) is 24.0 Å². The van der Waals surface area contributed by atoms with Crippen LogP contribution < -0.4 is 15.2 Å². The number of aromatic nitrogens is 2. The Hall–Kier alpha value is -2.40. The second kappa shape index (κ2) is 5.18. The van der Waals surface area contributed by atoms with Crippen LogP contribution in [-0.2, 0) is 0 Å². The number of halogens is 1. The summed E-state index contributed by atoms with van der Waals surface area (Å²) in [5, 5.41) is 0.493. The van der Waals surface area contributed by atoms with Gasteiger partial charge < -0.3 is 19.6 Å². The topological polar surface area (TPSA) is 61.8 Å². The van der Waals surface area contributed by atoms with Crippen LogP contribution in [0.4, 0.5) is 5.69 Å². The van der Waals surface area contributed by atoms with Gasteiger partial charge in [0.15, 0.2) is 11.5 Å². The number of nitrogens with two attached hydrogens (primary N) is 1. The van der Waals surface area contributed by atoms with Crippen LogP contribution in [0.25, 0.3) is 16.9 Å². The minimum Gasteiger partial charge on any atom is -0.493 e. The Morgan fingerprint density at radius 3 is 2.57 bits per heavy atom. The van der Waals surface area contributed by atoms with Crippen molar-refractivity contribution in [3.8, 4) is 22.8 Å². The van der Waals surface area contributed by atoms with Crippen LogP contribution in [0.5, 0.6) is 11.5 Å². The van der Waals surface area contributed by atoms with E-state index in [9.17, 15) is 0 Å². The fourth-order valence-corrected chi connectivity index (χ4v) is 2.31. The predicted molar refractivity (Wildman–Crippen MR) is 83.2 cm³/mol. The zero-order valence-electron chi connectivity index (χ0n) is 11.6. The molecule has 0 aliphatic carbocycles. The molecule has 0 unspecified atom stereocenters. The molecule has 2 aromatic heterocycles. The predicted octanol–water partition coefficient (Wildman–Crippen LogP) is 3.25. The summed E-state index contributed by atoms with van der Waals surface area (Å²) < 4.78 is 12.4. The first-order valence-electron chi connectivity index (χ1n) is 6.28. The quantitative estimate of drug-likeness (QED) is 0.807. The molecule has 0 aliphatic rings. The van der Waals surface area contributed by atoms with E-state index in [1.165, 1.54) is 0 Å². The lowest BCUT2D eigenvalue weighted by atomic mass is 10.1. The zero-order valence-corrected chi connectivity index (χ0v) is 12.4. The van der Waals surface area contributed by atoms with Crippen molar-refractivity contribution >= 4 is 22.9 Å². The van der Waals surface area contributed by atoms with Gasteiger partial charge in [0.1, 0.15) is 5.65 Å². The minimum absolute atomic E-state index is 0.493. The number of fused-ring (bicyclic) bond motifs is 1. The molecule has 0 spiro atoms. The number of hydrogen-bond acceptors (Lipinski definition) is 4. The third-order valence-corrected chi connectivity index (χ3v) is 3.58. The fraction of sp³-hybridized carbons (Fsp3) is 0.133. The highest BCUT2D eigenvalue weighted by Crippen LogP contribution is 2.32. The van der Waals surface area contributed by atoms with Crippen molar-refractivity contribution in [2.75, 3.05) is 20.0 Å². The number of rotatable bonds is 3. The second-order valence-corrected chi connectivity index (χ2v) is 4.95. The lowest BCUT2D eigenvalue weighted by Crippen LogP contribution is -1.90. The van der Waals surface area contributed by atoms with E-state index in [2.05, 4.69) is 4.98 Å². The Balaban J connectivity index is 2.12. The first-order chi connectivity index (χ1) is 10.1. The van der Waals surface area contributed by atoms with Gasteiger partial charge in [-0.3, -0.25) is 0 Å². The Labute approximate surface area is 126 Å². The van der Waals surface area contributed by atoms with Gasteiger partial charge in [-0.2, -0.15) is 0 Å². The van der Waals surface area contributed by atoms with E-state index in [0.717, 1.165) is 16.9 Å². The first-order valence-corrected chi connectivity index (χ1v) is 6.66. The standard InChI is InChI=1S/C15H14ClN3O2/c1-20-13-4-3-9(5-14(13)21-2)12-8-19-7-11(17)10(16)6-15(19)18-12/h3-8H,17H2,1-2H3.